The zero-order valence-corrected chi connectivity index (χ0v) is 16.1. The minimum absolute atomic E-state index is 0.145. The molecule has 0 aliphatic carbocycles. The lowest BCUT2D eigenvalue weighted by molar-refractivity contribution is -0.119. The number of carbonyl (C=O) groups is 2. The van der Waals surface area contributed by atoms with E-state index in [0.717, 1.165) is 0 Å². The fourth-order valence-corrected chi connectivity index (χ4v) is 2.82. The normalized spacial score (nSPS) is 10.0. The number of methoxy groups -OCH3 is 3. The summed E-state index contributed by atoms with van der Waals surface area (Å²) in [5, 5.41) is 2.63. The Morgan fingerprint density at radius 2 is 1.65 bits per heavy atom. The van der Waals surface area contributed by atoms with Crippen LogP contribution >= 0.6 is 15.9 Å². The Labute approximate surface area is 159 Å². The van der Waals surface area contributed by atoms with Crippen LogP contribution in [0.4, 0.5) is 5.69 Å². The number of carbonyl (C=O) groups excluding carboxylic acids is 2. The molecule has 0 aliphatic heterocycles. The lowest BCUT2D eigenvalue weighted by Gasteiger charge is -2.16. The number of halogens is 1. The smallest absolute Gasteiger partial charge is 0.340 e. The third-order valence-corrected chi connectivity index (χ3v) is 4.17. The minimum Gasteiger partial charge on any atom is -0.493 e. The van der Waals surface area contributed by atoms with Crippen molar-refractivity contribution >= 4 is 33.5 Å². The van der Waals surface area contributed by atoms with Crippen molar-refractivity contribution in [1.29, 1.82) is 0 Å². The summed E-state index contributed by atoms with van der Waals surface area (Å²) in [6.45, 7) is -0.434. The highest BCUT2D eigenvalue weighted by molar-refractivity contribution is 9.10. The van der Waals surface area contributed by atoms with Crippen LogP contribution in [0.15, 0.2) is 40.9 Å². The van der Waals surface area contributed by atoms with Crippen molar-refractivity contribution in [1.82, 2.24) is 0 Å². The van der Waals surface area contributed by atoms with Crippen LogP contribution in [-0.2, 0) is 9.53 Å². The maximum Gasteiger partial charge on any atom is 0.340 e. The molecule has 0 bridgehead atoms. The average Bonchev–Trinajstić information content (AvgIpc) is 2.66. The van der Waals surface area contributed by atoms with Crippen LogP contribution in [0.5, 0.6) is 17.2 Å². The van der Waals surface area contributed by atoms with Gasteiger partial charge in [-0.1, -0.05) is 18.2 Å². The fraction of sp³-hybridized carbons (Fsp3) is 0.222. The van der Waals surface area contributed by atoms with Crippen LogP contribution in [0.25, 0.3) is 0 Å². The van der Waals surface area contributed by atoms with Crippen molar-refractivity contribution in [2.24, 2.45) is 0 Å². The highest BCUT2D eigenvalue weighted by Gasteiger charge is 2.24. The quantitative estimate of drug-likeness (QED) is 0.688. The number of ether oxygens (including phenoxy) is 4. The molecule has 0 saturated heterocycles. The minimum atomic E-state index is -0.709. The van der Waals surface area contributed by atoms with Gasteiger partial charge in [0.25, 0.3) is 5.91 Å². The van der Waals surface area contributed by atoms with E-state index in [2.05, 4.69) is 21.2 Å². The first-order chi connectivity index (χ1) is 12.5. The van der Waals surface area contributed by atoms with E-state index in [9.17, 15) is 9.59 Å². The number of esters is 1. The van der Waals surface area contributed by atoms with E-state index < -0.39 is 18.5 Å². The third kappa shape index (κ3) is 4.45. The molecule has 8 heteroatoms. The maximum atomic E-state index is 12.4. The van der Waals surface area contributed by atoms with Gasteiger partial charge in [-0.3, -0.25) is 4.79 Å². The van der Waals surface area contributed by atoms with Crippen LogP contribution < -0.4 is 19.5 Å². The van der Waals surface area contributed by atoms with E-state index >= 15 is 0 Å². The van der Waals surface area contributed by atoms with Gasteiger partial charge in [0.2, 0.25) is 5.75 Å². The summed E-state index contributed by atoms with van der Waals surface area (Å²) in [5.74, 6) is -0.242. The van der Waals surface area contributed by atoms with Gasteiger partial charge < -0.3 is 24.3 Å². The summed E-state index contributed by atoms with van der Waals surface area (Å²) in [6, 6.07) is 10.3. The standard InChI is InChI=1S/C18H18BrNO6/c1-23-13-9-12(15(19)17(25-3)16(13)24-2)18(22)26-10-14(21)20-11-7-5-4-6-8-11/h4-9H,10H2,1-3H3,(H,20,21). The number of amides is 1. The van der Waals surface area contributed by atoms with Crippen LogP contribution in [0, 0.1) is 0 Å². The summed E-state index contributed by atoms with van der Waals surface area (Å²) in [7, 11) is 4.33. The Bertz CT molecular complexity index is 794. The lowest BCUT2D eigenvalue weighted by Crippen LogP contribution is -2.21. The van der Waals surface area contributed by atoms with E-state index in [0.29, 0.717) is 21.7 Å². The Morgan fingerprint density at radius 3 is 2.23 bits per heavy atom. The molecule has 0 heterocycles. The van der Waals surface area contributed by atoms with E-state index in [1.54, 1.807) is 24.3 Å². The molecule has 1 N–H and O–H groups in total. The molecule has 26 heavy (non-hydrogen) atoms. The Hall–Kier alpha value is -2.74. The number of anilines is 1. The molecule has 0 aliphatic rings. The molecule has 138 valence electrons. The predicted octanol–water partition coefficient (Wildman–Crippen LogP) is 3.27. The zero-order valence-electron chi connectivity index (χ0n) is 14.5. The van der Waals surface area contributed by atoms with Gasteiger partial charge in [-0.2, -0.15) is 0 Å². The molecule has 0 spiro atoms. The highest BCUT2D eigenvalue weighted by Crippen LogP contribution is 2.44. The lowest BCUT2D eigenvalue weighted by atomic mass is 10.2. The number of rotatable bonds is 7. The molecule has 0 atom stereocenters. The first-order valence-electron chi connectivity index (χ1n) is 7.52. The summed E-state index contributed by atoms with van der Waals surface area (Å²) in [4.78, 5) is 24.3. The molecular formula is C18H18BrNO6. The van der Waals surface area contributed by atoms with Crippen molar-refractivity contribution in [2.45, 2.75) is 0 Å². The van der Waals surface area contributed by atoms with Gasteiger partial charge in [0.05, 0.1) is 31.4 Å². The van der Waals surface area contributed by atoms with Gasteiger partial charge >= 0.3 is 5.97 Å². The molecule has 0 fully saturated rings. The van der Waals surface area contributed by atoms with E-state index in [1.165, 1.54) is 27.4 Å². The first kappa shape index (κ1) is 19.6. The summed E-state index contributed by atoms with van der Waals surface area (Å²) >= 11 is 3.30. The van der Waals surface area contributed by atoms with E-state index in [4.69, 9.17) is 18.9 Å². The molecular weight excluding hydrogens is 406 g/mol. The average molecular weight is 424 g/mol. The van der Waals surface area contributed by atoms with Crippen molar-refractivity contribution in [3.05, 3.63) is 46.4 Å². The fourth-order valence-electron chi connectivity index (χ4n) is 2.20. The van der Waals surface area contributed by atoms with Crippen LogP contribution in [0.2, 0.25) is 0 Å². The largest absolute Gasteiger partial charge is 0.493 e. The maximum absolute atomic E-state index is 12.4. The van der Waals surface area contributed by atoms with Gasteiger partial charge in [0, 0.05) is 5.69 Å². The second-order valence-corrected chi connectivity index (χ2v) is 5.79. The summed E-state index contributed by atoms with van der Waals surface area (Å²) in [6.07, 6.45) is 0. The Kier molecular flexibility index (Phi) is 6.85. The Balaban J connectivity index is 2.13. The van der Waals surface area contributed by atoms with Crippen molar-refractivity contribution in [2.75, 3.05) is 33.3 Å². The van der Waals surface area contributed by atoms with E-state index in [1.807, 2.05) is 6.07 Å². The monoisotopic (exact) mass is 423 g/mol. The van der Waals surface area contributed by atoms with Gasteiger partial charge in [0.1, 0.15) is 0 Å². The molecule has 0 radical (unpaired) electrons. The molecule has 2 aromatic rings. The van der Waals surface area contributed by atoms with Crippen molar-refractivity contribution in [3.63, 3.8) is 0 Å². The van der Waals surface area contributed by atoms with Gasteiger partial charge in [-0.15, -0.1) is 0 Å². The molecule has 2 rings (SSSR count). The number of benzene rings is 2. The zero-order chi connectivity index (χ0) is 19.1. The number of hydrogen-bond acceptors (Lipinski definition) is 6. The van der Waals surface area contributed by atoms with Crippen LogP contribution in [-0.4, -0.2) is 39.8 Å². The third-order valence-electron chi connectivity index (χ3n) is 3.38. The molecule has 2 aromatic carbocycles. The first-order valence-corrected chi connectivity index (χ1v) is 8.31. The molecule has 0 unspecified atom stereocenters. The van der Waals surface area contributed by atoms with Gasteiger partial charge in [-0.25, -0.2) is 4.79 Å². The molecule has 0 aromatic heterocycles. The molecule has 7 nitrogen and oxygen atoms in total. The number of nitrogens with one attached hydrogen (secondary N) is 1. The highest BCUT2D eigenvalue weighted by atomic mass is 79.9. The van der Waals surface area contributed by atoms with Gasteiger partial charge in [0.15, 0.2) is 18.1 Å². The van der Waals surface area contributed by atoms with Crippen molar-refractivity contribution in [3.8, 4) is 17.2 Å². The number of hydrogen-bond donors (Lipinski definition) is 1. The Morgan fingerprint density at radius 1 is 1.00 bits per heavy atom. The second kappa shape index (κ2) is 9.10. The number of para-hydroxylation sites is 1. The summed E-state index contributed by atoms with van der Waals surface area (Å²) < 4.78 is 21.1. The molecule has 0 saturated carbocycles. The van der Waals surface area contributed by atoms with Crippen molar-refractivity contribution < 1.29 is 28.5 Å². The van der Waals surface area contributed by atoms with Crippen LogP contribution in [0.3, 0.4) is 0 Å². The molecule has 1 amide bonds. The van der Waals surface area contributed by atoms with Crippen LogP contribution in [0.1, 0.15) is 10.4 Å². The van der Waals surface area contributed by atoms with E-state index in [-0.39, 0.29) is 11.3 Å². The second-order valence-electron chi connectivity index (χ2n) is 5.00. The predicted molar refractivity (Wildman–Crippen MR) is 99.2 cm³/mol. The topological polar surface area (TPSA) is 83.1 Å². The van der Waals surface area contributed by atoms with Gasteiger partial charge in [-0.05, 0) is 34.1 Å². The SMILES string of the molecule is COc1cc(C(=O)OCC(=O)Nc2ccccc2)c(Br)c(OC)c1OC. The summed E-state index contributed by atoms with van der Waals surface area (Å²) in [5.41, 5.74) is 0.759.